The Hall–Kier alpha value is -1.65. The predicted molar refractivity (Wildman–Crippen MR) is 65.3 cm³/mol. The number of carboxylic acid groups (broad SMARTS) is 1. The molecular formula is C13H20NO4-. The van der Waals surface area contributed by atoms with E-state index < -0.39 is 5.97 Å². The number of amides is 2. The Labute approximate surface area is 107 Å². The van der Waals surface area contributed by atoms with Crippen LogP contribution in [0, 0.1) is 0 Å². The van der Waals surface area contributed by atoms with E-state index >= 15 is 0 Å². The summed E-state index contributed by atoms with van der Waals surface area (Å²) in [5.74, 6) is -1.40. The molecule has 0 bridgehead atoms. The second-order valence-electron chi connectivity index (χ2n) is 4.11. The van der Waals surface area contributed by atoms with Crippen molar-refractivity contribution in [3.63, 3.8) is 0 Å². The number of aliphatic carboxylic acids is 1. The van der Waals surface area contributed by atoms with Crippen LogP contribution in [0.25, 0.3) is 0 Å². The molecule has 1 heterocycles. The fraction of sp³-hybridized carbons (Fsp3) is 0.615. The normalized spacial score (nSPS) is 13.6. The molecule has 0 aromatic carbocycles. The molecule has 5 heteroatoms. The van der Waals surface area contributed by atoms with Crippen molar-refractivity contribution < 1.29 is 19.5 Å². The summed E-state index contributed by atoms with van der Waals surface area (Å²) in [6, 6.07) is 0. The van der Waals surface area contributed by atoms with Crippen molar-refractivity contribution in [1.29, 1.82) is 0 Å². The summed E-state index contributed by atoms with van der Waals surface area (Å²) < 4.78 is 0. The molecule has 0 unspecified atom stereocenters. The molecule has 0 aliphatic carbocycles. The Morgan fingerprint density at radius 2 is 1.61 bits per heavy atom. The molecule has 1 aliphatic rings. The van der Waals surface area contributed by atoms with Crippen molar-refractivity contribution in [3.05, 3.63) is 12.2 Å². The molecule has 0 aromatic rings. The van der Waals surface area contributed by atoms with E-state index in [4.69, 9.17) is 0 Å². The van der Waals surface area contributed by atoms with Crippen LogP contribution in [-0.2, 0) is 14.4 Å². The molecule has 18 heavy (non-hydrogen) atoms. The van der Waals surface area contributed by atoms with Gasteiger partial charge >= 0.3 is 0 Å². The van der Waals surface area contributed by atoms with Crippen LogP contribution in [0.2, 0.25) is 0 Å². The number of nitrogens with zero attached hydrogens (tertiary/aromatic N) is 1. The van der Waals surface area contributed by atoms with Crippen LogP contribution in [0.1, 0.15) is 45.4 Å². The molecule has 5 nitrogen and oxygen atoms in total. The molecule has 0 saturated heterocycles. The van der Waals surface area contributed by atoms with Gasteiger partial charge in [0.05, 0.1) is 0 Å². The zero-order valence-corrected chi connectivity index (χ0v) is 11.0. The lowest BCUT2D eigenvalue weighted by molar-refractivity contribution is -0.305. The highest BCUT2D eigenvalue weighted by atomic mass is 16.4. The zero-order chi connectivity index (χ0) is 14.0. The number of hydrogen-bond donors (Lipinski definition) is 0. The third-order valence-corrected chi connectivity index (χ3v) is 2.51. The highest BCUT2D eigenvalue weighted by Crippen LogP contribution is 2.03. The summed E-state index contributed by atoms with van der Waals surface area (Å²) in [7, 11) is 1.45. The van der Waals surface area contributed by atoms with Gasteiger partial charge in [0.2, 0.25) is 0 Å². The van der Waals surface area contributed by atoms with Crippen molar-refractivity contribution in [2.24, 2.45) is 0 Å². The predicted octanol–water partition coefficient (Wildman–Crippen LogP) is 0.638. The number of unbranched alkanes of at least 4 members (excludes halogenated alkanes) is 4. The third kappa shape index (κ3) is 7.60. The van der Waals surface area contributed by atoms with Crippen LogP contribution in [0.3, 0.4) is 0 Å². The SMILES string of the molecule is CCCCCCCC(=O)[O-].CN1C(=O)C=CC1=O. The lowest BCUT2D eigenvalue weighted by Crippen LogP contribution is -2.24. The molecule has 1 rings (SSSR count). The summed E-state index contributed by atoms with van der Waals surface area (Å²) in [5.41, 5.74) is 0. The fourth-order valence-corrected chi connectivity index (χ4v) is 1.35. The van der Waals surface area contributed by atoms with E-state index in [2.05, 4.69) is 6.92 Å². The quantitative estimate of drug-likeness (QED) is 0.514. The van der Waals surface area contributed by atoms with Crippen molar-refractivity contribution in [2.75, 3.05) is 7.05 Å². The van der Waals surface area contributed by atoms with E-state index in [9.17, 15) is 19.5 Å². The Kier molecular flexibility index (Phi) is 8.53. The maximum Gasteiger partial charge on any atom is 0.253 e. The van der Waals surface area contributed by atoms with Gasteiger partial charge in [-0.05, 0) is 12.8 Å². The summed E-state index contributed by atoms with van der Waals surface area (Å²) in [6.45, 7) is 2.14. The molecule has 102 valence electrons. The first-order valence-electron chi connectivity index (χ1n) is 6.18. The number of rotatable bonds is 6. The van der Waals surface area contributed by atoms with E-state index in [0.29, 0.717) is 0 Å². The standard InChI is InChI=1S/C8H16O2.C5H5NO2/c1-2-3-4-5-6-7-8(9)10;1-6-4(7)2-3-5(6)8/h2-7H2,1H3,(H,9,10);2-3H,1H3/p-1. The first kappa shape index (κ1) is 16.4. The topological polar surface area (TPSA) is 77.5 Å². The fourth-order valence-electron chi connectivity index (χ4n) is 1.35. The van der Waals surface area contributed by atoms with Crippen LogP contribution < -0.4 is 5.11 Å². The Bertz CT molecular complexity index is 305. The number of likely N-dealkylation sites (N-methyl/N-ethyl adjacent to an activating group) is 1. The van der Waals surface area contributed by atoms with Crippen LogP contribution in [-0.4, -0.2) is 29.7 Å². The van der Waals surface area contributed by atoms with E-state index in [1.54, 1.807) is 0 Å². The van der Waals surface area contributed by atoms with Crippen molar-refractivity contribution >= 4 is 17.8 Å². The molecule has 2 amide bonds. The highest BCUT2D eigenvalue weighted by molar-refractivity contribution is 6.12. The number of carbonyl (C=O) groups excluding carboxylic acids is 3. The Morgan fingerprint density at radius 3 is 1.94 bits per heavy atom. The van der Waals surface area contributed by atoms with E-state index in [0.717, 1.165) is 24.2 Å². The van der Waals surface area contributed by atoms with Crippen molar-refractivity contribution in [1.82, 2.24) is 4.90 Å². The smallest absolute Gasteiger partial charge is 0.253 e. The average Bonchev–Trinajstić information content (AvgIpc) is 2.61. The Morgan fingerprint density at radius 1 is 1.11 bits per heavy atom. The van der Waals surface area contributed by atoms with Gasteiger partial charge in [0.1, 0.15) is 0 Å². The summed E-state index contributed by atoms with van der Waals surface area (Å²) in [4.78, 5) is 31.8. The molecule has 0 N–H and O–H groups in total. The van der Waals surface area contributed by atoms with Gasteiger partial charge in [0, 0.05) is 25.2 Å². The Balaban J connectivity index is 0.000000327. The minimum atomic E-state index is -0.920. The molecule has 0 radical (unpaired) electrons. The minimum absolute atomic E-state index is 0.226. The lowest BCUT2D eigenvalue weighted by Gasteiger charge is -2.01. The largest absolute Gasteiger partial charge is 0.550 e. The average molecular weight is 254 g/mol. The van der Waals surface area contributed by atoms with Gasteiger partial charge in [-0.2, -0.15) is 0 Å². The minimum Gasteiger partial charge on any atom is -0.550 e. The summed E-state index contributed by atoms with van der Waals surface area (Å²) in [6.07, 6.45) is 8.11. The molecule has 0 aromatic heterocycles. The molecule has 0 atom stereocenters. The van der Waals surface area contributed by atoms with Crippen molar-refractivity contribution in [2.45, 2.75) is 45.4 Å². The first-order valence-corrected chi connectivity index (χ1v) is 6.18. The molecule has 0 saturated carbocycles. The molecule has 0 spiro atoms. The first-order chi connectivity index (χ1) is 8.49. The van der Waals surface area contributed by atoms with Crippen LogP contribution >= 0.6 is 0 Å². The van der Waals surface area contributed by atoms with Crippen LogP contribution in [0.5, 0.6) is 0 Å². The van der Waals surface area contributed by atoms with Gasteiger partial charge < -0.3 is 9.90 Å². The highest BCUT2D eigenvalue weighted by Gasteiger charge is 2.17. The maximum atomic E-state index is 10.4. The molecule has 0 fully saturated rings. The van der Waals surface area contributed by atoms with E-state index in [-0.39, 0.29) is 18.2 Å². The second kappa shape index (κ2) is 9.39. The zero-order valence-electron chi connectivity index (χ0n) is 11.0. The molecular weight excluding hydrogens is 234 g/mol. The summed E-state index contributed by atoms with van der Waals surface area (Å²) >= 11 is 0. The van der Waals surface area contributed by atoms with Gasteiger partial charge in [-0.1, -0.05) is 32.6 Å². The van der Waals surface area contributed by atoms with E-state index in [1.807, 2.05) is 0 Å². The number of carboxylic acids is 1. The van der Waals surface area contributed by atoms with Gasteiger partial charge in [0.15, 0.2) is 0 Å². The lowest BCUT2D eigenvalue weighted by atomic mass is 10.1. The second-order valence-corrected chi connectivity index (χ2v) is 4.11. The van der Waals surface area contributed by atoms with Crippen molar-refractivity contribution in [3.8, 4) is 0 Å². The van der Waals surface area contributed by atoms with Gasteiger partial charge in [-0.15, -0.1) is 0 Å². The third-order valence-electron chi connectivity index (χ3n) is 2.51. The van der Waals surface area contributed by atoms with Gasteiger partial charge in [0.25, 0.3) is 11.8 Å². The van der Waals surface area contributed by atoms with E-state index in [1.165, 1.54) is 32.0 Å². The van der Waals surface area contributed by atoms with Crippen LogP contribution in [0.4, 0.5) is 0 Å². The van der Waals surface area contributed by atoms with Gasteiger partial charge in [-0.25, -0.2) is 0 Å². The summed E-state index contributed by atoms with van der Waals surface area (Å²) in [5, 5.41) is 9.92. The number of hydrogen-bond acceptors (Lipinski definition) is 4. The monoisotopic (exact) mass is 254 g/mol. The number of imide groups is 1. The number of carbonyl (C=O) groups is 3. The maximum absolute atomic E-state index is 10.4. The van der Waals surface area contributed by atoms with Crippen LogP contribution in [0.15, 0.2) is 12.2 Å². The molecule has 1 aliphatic heterocycles. The van der Waals surface area contributed by atoms with Gasteiger partial charge in [-0.3, -0.25) is 14.5 Å².